The Morgan fingerprint density at radius 1 is 1.65 bits per heavy atom. The van der Waals surface area contributed by atoms with E-state index in [0.717, 1.165) is 11.3 Å². The van der Waals surface area contributed by atoms with Crippen LogP contribution >= 0.6 is 11.3 Å². The van der Waals surface area contributed by atoms with Crippen molar-refractivity contribution >= 4 is 22.9 Å². The Morgan fingerprint density at radius 2 is 2.35 bits per heavy atom. The van der Waals surface area contributed by atoms with Gasteiger partial charge in [0.2, 0.25) is 0 Å². The third-order valence-corrected chi connectivity index (χ3v) is 3.86. The third-order valence-electron chi connectivity index (χ3n) is 2.58. The molecule has 0 aliphatic carbocycles. The normalized spacial score (nSPS) is 12.2. The summed E-state index contributed by atoms with van der Waals surface area (Å²) in [4.78, 5) is 22.4. The lowest BCUT2D eigenvalue weighted by molar-refractivity contribution is -0.384. The van der Waals surface area contributed by atoms with Gasteiger partial charge in [0.1, 0.15) is 0 Å². The first kappa shape index (κ1) is 14.2. The van der Waals surface area contributed by atoms with Gasteiger partial charge in [-0.15, -0.1) is 11.3 Å². The van der Waals surface area contributed by atoms with Crippen LogP contribution in [-0.2, 0) is 0 Å². The second kappa shape index (κ2) is 5.39. The van der Waals surface area contributed by atoms with Gasteiger partial charge in [0.15, 0.2) is 10.7 Å². The van der Waals surface area contributed by atoms with Crippen LogP contribution in [0.5, 0.6) is 0 Å². The zero-order valence-electron chi connectivity index (χ0n) is 10.7. The Kier molecular flexibility index (Phi) is 3.81. The molecule has 0 saturated carbocycles. The molecule has 0 aromatic carbocycles. The fourth-order valence-electron chi connectivity index (χ4n) is 1.58. The van der Waals surface area contributed by atoms with Crippen LogP contribution in [0.2, 0.25) is 0 Å². The van der Waals surface area contributed by atoms with Crippen LogP contribution in [0.25, 0.3) is 5.00 Å². The van der Waals surface area contributed by atoms with Gasteiger partial charge in [-0.25, -0.2) is 4.68 Å². The fraction of sp³-hybridized carbons (Fsp3) is 0.273. The van der Waals surface area contributed by atoms with Crippen molar-refractivity contribution in [3.05, 3.63) is 39.0 Å². The van der Waals surface area contributed by atoms with E-state index >= 15 is 0 Å². The number of carbonyl (C=O) groups excluding carboxylic acids is 1. The number of amides is 1. The molecule has 20 heavy (non-hydrogen) atoms. The molecule has 2 aromatic heterocycles. The Bertz CT molecular complexity index is 661. The molecule has 2 heterocycles. The van der Waals surface area contributed by atoms with Crippen LogP contribution in [0.3, 0.4) is 0 Å². The standard InChI is InChI=1S/C11H12N4O4S/c1-6(16)9-5-8(15(18)19)11(20-9)14-4-3-7(13-14)10(17)12-2/h3-6,16H,1-2H3,(H,12,17). The molecule has 0 bridgehead atoms. The molecule has 106 valence electrons. The topological polar surface area (TPSA) is 110 Å². The number of thiophene rings is 1. The zero-order valence-corrected chi connectivity index (χ0v) is 11.5. The number of nitrogens with one attached hydrogen (secondary N) is 1. The number of nitrogens with zero attached hydrogens (tertiary/aromatic N) is 3. The molecule has 0 aliphatic heterocycles. The Hall–Kier alpha value is -2.26. The van der Waals surface area contributed by atoms with Gasteiger partial charge in [-0.1, -0.05) is 0 Å². The lowest BCUT2D eigenvalue weighted by Gasteiger charge is -1.98. The van der Waals surface area contributed by atoms with E-state index in [1.54, 1.807) is 0 Å². The van der Waals surface area contributed by atoms with Crippen LogP contribution < -0.4 is 5.32 Å². The van der Waals surface area contributed by atoms with E-state index in [1.807, 2.05) is 0 Å². The number of aliphatic hydroxyl groups is 1. The molecule has 0 spiro atoms. The maximum atomic E-state index is 11.4. The first-order valence-electron chi connectivity index (χ1n) is 5.68. The fourth-order valence-corrected chi connectivity index (χ4v) is 2.57. The van der Waals surface area contributed by atoms with Crippen LogP contribution in [0.4, 0.5) is 5.69 Å². The summed E-state index contributed by atoms with van der Waals surface area (Å²) in [6.45, 7) is 1.53. The maximum absolute atomic E-state index is 11.4. The van der Waals surface area contributed by atoms with Gasteiger partial charge in [-0.2, -0.15) is 5.10 Å². The number of rotatable bonds is 4. The summed E-state index contributed by atoms with van der Waals surface area (Å²) >= 11 is 1.06. The van der Waals surface area contributed by atoms with Crippen molar-refractivity contribution in [3.63, 3.8) is 0 Å². The van der Waals surface area contributed by atoms with Gasteiger partial charge in [0.05, 0.1) is 11.0 Å². The van der Waals surface area contributed by atoms with Gasteiger partial charge in [-0.3, -0.25) is 14.9 Å². The average Bonchev–Trinajstić information content (AvgIpc) is 3.03. The van der Waals surface area contributed by atoms with Crippen LogP contribution in [0.15, 0.2) is 18.3 Å². The van der Waals surface area contributed by atoms with E-state index in [2.05, 4.69) is 10.4 Å². The summed E-state index contributed by atoms with van der Waals surface area (Å²) < 4.78 is 1.26. The Morgan fingerprint density at radius 3 is 2.90 bits per heavy atom. The van der Waals surface area contributed by atoms with E-state index in [9.17, 15) is 20.0 Å². The summed E-state index contributed by atoms with van der Waals surface area (Å²) in [6, 6.07) is 2.77. The molecule has 0 aliphatic rings. The highest BCUT2D eigenvalue weighted by atomic mass is 32.1. The van der Waals surface area contributed by atoms with Gasteiger partial charge in [0.25, 0.3) is 5.91 Å². The van der Waals surface area contributed by atoms with Crippen molar-refractivity contribution in [1.29, 1.82) is 0 Å². The highest BCUT2D eigenvalue weighted by molar-refractivity contribution is 7.15. The lowest BCUT2D eigenvalue weighted by Crippen LogP contribution is -2.18. The minimum atomic E-state index is -0.804. The van der Waals surface area contributed by atoms with Crippen molar-refractivity contribution in [3.8, 4) is 5.00 Å². The molecular formula is C11H12N4O4S. The first-order chi connectivity index (χ1) is 9.43. The molecule has 1 atom stereocenters. The molecule has 1 unspecified atom stereocenters. The van der Waals surface area contributed by atoms with Crippen LogP contribution in [0.1, 0.15) is 28.4 Å². The molecule has 0 fully saturated rings. The van der Waals surface area contributed by atoms with E-state index < -0.39 is 11.0 Å². The molecular weight excluding hydrogens is 284 g/mol. The Labute approximate surface area is 117 Å². The maximum Gasteiger partial charge on any atom is 0.306 e. The first-order valence-corrected chi connectivity index (χ1v) is 6.50. The largest absolute Gasteiger partial charge is 0.388 e. The van der Waals surface area contributed by atoms with Gasteiger partial charge >= 0.3 is 5.69 Å². The quantitative estimate of drug-likeness (QED) is 0.651. The molecule has 1 amide bonds. The molecule has 9 heteroatoms. The van der Waals surface area contributed by atoms with Gasteiger partial charge in [0, 0.05) is 24.2 Å². The van der Waals surface area contributed by atoms with Crippen molar-refractivity contribution in [2.45, 2.75) is 13.0 Å². The van der Waals surface area contributed by atoms with E-state index in [0.29, 0.717) is 4.88 Å². The van der Waals surface area contributed by atoms with E-state index in [4.69, 9.17) is 0 Å². The average molecular weight is 296 g/mol. The van der Waals surface area contributed by atoms with Crippen molar-refractivity contribution in [2.75, 3.05) is 7.05 Å². The molecule has 2 aromatic rings. The van der Waals surface area contributed by atoms with Gasteiger partial charge in [-0.05, 0) is 13.0 Å². The minimum absolute atomic E-state index is 0.155. The van der Waals surface area contributed by atoms with Crippen molar-refractivity contribution in [1.82, 2.24) is 15.1 Å². The SMILES string of the molecule is CNC(=O)c1ccn(-c2sc(C(C)O)cc2[N+](=O)[O-])n1. The van der Waals surface area contributed by atoms with Gasteiger partial charge < -0.3 is 10.4 Å². The number of aliphatic hydroxyl groups excluding tert-OH is 1. The predicted molar refractivity (Wildman–Crippen MR) is 72.1 cm³/mol. The summed E-state index contributed by atoms with van der Waals surface area (Å²) in [6.07, 6.45) is 0.663. The number of aromatic nitrogens is 2. The summed E-state index contributed by atoms with van der Waals surface area (Å²) in [5.41, 5.74) is 0.00579. The van der Waals surface area contributed by atoms with E-state index in [-0.39, 0.29) is 22.3 Å². The second-order valence-corrected chi connectivity index (χ2v) is 5.06. The minimum Gasteiger partial charge on any atom is -0.388 e. The molecule has 2 N–H and O–H groups in total. The van der Waals surface area contributed by atoms with Crippen LogP contribution in [-0.4, -0.2) is 32.8 Å². The number of carbonyl (C=O) groups is 1. The number of hydrogen-bond acceptors (Lipinski definition) is 6. The van der Waals surface area contributed by atoms with E-state index in [1.165, 1.54) is 37.0 Å². The number of hydrogen-bond donors (Lipinski definition) is 2. The lowest BCUT2D eigenvalue weighted by atomic mass is 10.3. The van der Waals surface area contributed by atoms with Crippen molar-refractivity contribution in [2.24, 2.45) is 0 Å². The molecule has 0 saturated heterocycles. The molecule has 8 nitrogen and oxygen atoms in total. The smallest absolute Gasteiger partial charge is 0.306 e. The number of nitro groups is 1. The molecule has 2 rings (SSSR count). The zero-order chi connectivity index (χ0) is 14.9. The second-order valence-electron chi connectivity index (χ2n) is 4.00. The molecule has 0 radical (unpaired) electrons. The summed E-state index contributed by atoms with van der Waals surface area (Å²) in [5, 5.41) is 27.2. The monoisotopic (exact) mass is 296 g/mol. The van der Waals surface area contributed by atoms with Crippen molar-refractivity contribution < 1.29 is 14.8 Å². The summed E-state index contributed by atoms with van der Waals surface area (Å²) in [5.74, 6) is -0.376. The highest BCUT2D eigenvalue weighted by Crippen LogP contribution is 2.35. The predicted octanol–water partition coefficient (Wildman–Crippen LogP) is 1.25. The Balaban J connectivity index is 2.48. The van der Waals surface area contributed by atoms with Crippen LogP contribution in [0, 0.1) is 10.1 Å². The third kappa shape index (κ3) is 2.53. The summed E-state index contributed by atoms with van der Waals surface area (Å²) in [7, 11) is 1.47. The highest BCUT2D eigenvalue weighted by Gasteiger charge is 2.23.